The highest BCUT2D eigenvalue weighted by molar-refractivity contribution is 7.89. The maximum atomic E-state index is 11.0. The Morgan fingerprint density at radius 2 is 2.17 bits per heavy atom. The summed E-state index contributed by atoms with van der Waals surface area (Å²) >= 11 is 5.29. The Morgan fingerprint density at radius 3 is 2.67 bits per heavy atom. The van der Waals surface area contributed by atoms with Crippen molar-refractivity contribution in [3.05, 3.63) is 12.2 Å². The van der Waals surface area contributed by atoms with Crippen LogP contribution in [0.15, 0.2) is 12.2 Å². The van der Waals surface area contributed by atoms with Gasteiger partial charge in [0.05, 0.1) is 5.75 Å². The highest BCUT2D eigenvalue weighted by Crippen LogP contribution is 1.88. The molecule has 3 nitrogen and oxygen atoms in total. The van der Waals surface area contributed by atoms with E-state index in [4.69, 9.17) is 11.6 Å². The number of halogens is 1. The van der Waals surface area contributed by atoms with E-state index in [0.29, 0.717) is 6.54 Å². The molecule has 5 heteroatoms. The molecule has 0 radical (unpaired) electrons. The molecule has 0 aromatic rings. The normalized spacial score (nSPS) is 12.5. The Hall–Kier alpha value is -0.0600. The topological polar surface area (TPSA) is 46.2 Å². The van der Waals surface area contributed by atoms with Crippen LogP contribution >= 0.6 is 11.6 Å². The van der Waals surface area contributed by atoms with Gasteiger partial charge >= 0.3 is 0 Å². The summed E-state index contributed by atoms with van der Waals surface area (Å²) in [6, 6.07) is 0. The van der Waals surface area contributed by atoms with Crippen LogP contribution in [0.3, 0.4) is 0 Å². The van der Waals surface area contributed by atoms with Gasteiger partial charge in [-0.25, -0.2) is 13.1 Å². The monoisotopic (exact) mass is 211 g/mol. The van der Waals surface area contributed by atoms with Gasteiger partial charge in [-0.15, -0.1) is 11.6 Å². The molecular weight excluding hydrogens is 198 g/mol. The van der Waals surface area contributed by atoms with Crippen LogP contribution in [-0.4, -0.2) is 26.6 Å². The van der Waals surface area contributed by atoms with Crippen molar-refractivity contribution in [2.75, 3.05) is 18.2 Å². The summed E-state index contributed by atoms with van der Waals surface area (Å²) in [6.45, 7) is 2.34. The van der Waals surface area contributed by atoms with Gasteiger partial charge in [-0.05, 0) is 13.3 Å². The van der Waals surface area contributed by atoms with Crippen LogP contribution in [0.1, 0.15) is 13.3 Å². The molecule has 0 rings (SSSR count). The molecule has 12 heavy (non-hydrogen) atoms. The van der Waals surface area contributed by atoms with E-state index in [1.54, 1.807) is 0 Å². The van der Waals surface area contributed by atoms with Crippen molar-refractivity contribution in [1.82, 2.24) is 4.72 Å². The van der Waals surface area contributed by atoms with Gasteiger partial charge in [0.25, 0.3) is 0 Å². The van der Waals surface area contributed by atoms with Gasteiger partial charge in [-0.1, -0.05) is 12.2 Å². The first-order valence-corrected chi connectivity index (χ1v) is 5.95. The van der Waals surface area contributed by atoms with E-state index >= 15 is 0 Å². The molecule has 0 aliphatic carbocycles. The zero-order chi connectivity index (χ0) is 9.45. The summed E-state index contributed by atoms with van der Waals surface area (Å²) in [7, 11) is -3.13. The molecule has 0 aliphatic rings. The van der Waals surface area contributed by atoms with E-state index in [0.717, 1.165) is 6.42 Å². The average molecular weight is 212 g/mol. The van der Waals surface area contributed by atoms with Crippen molar-refractivity contribution < 1.29 is 8.42 Å². The molecule has 0 heterocycles. The number of alkyl halides is 1. The van der Waals surface area contributed by atoms with Crippen LogP contribution in [0.25, 0.3) is 0 Å². The van der Waals surface area contributed by atoms with Crippen LogP contribution in [0.4, 0.5) is 0 Å². The fourth-order valence-corrected chi connectivity index (χ4v) is 2.02. The Balaban J connectivity index is 3.62. The minimum absolute atomic E-state index is 0.00953. The lowest BCUT2D eigenvalue weighted by Crippen LogP contribution is -2.27. The number of hydrogen-bond acceptors (Lipinski definition) is 2. The highest BCUT2D eigenvalue weighted by Gasteiger charge is 2.06. The first-order chi connectivity index (χ1) is 5.62. The predicted octanol–water partition coefficient (Wildman–Crippen LogP) is 1.11. The van der Waals surface area contributed by atoms with E-state index in [-0.39, 0.29) is 11.6 Å². The standard InChI is InChI=1S/C7H14ClNO2S/c1-2-3-4-6-9-12(10,11)7-5-8/h2-3,9H,4-7H2,1H3/b3-2+. The molecule has 0 fully saturated rings. The third-order valence-corrected chi connectivity index (χ3v) is 3.01. The van der Waals surface area contributed by atoms with Gasteiger partial charge in [0.1, 0.15) is 0 Å². The SMILES string of the molecule is C/C=C/CCNS(=O)(=O)CCCl. The first kappa shape index (κ1) is 11.9. The Morgan fingerprint density at radius 1 is 1.50 bits per heavy atom. The second-order valence-corrected chi connectivity index (χ2v) is 4.56. The summed E-state index contributed by atoms with van der Waals surface area (Å²) in [6.07, 6.45) is 4.51. The summed E-state index contributed by atoms with van der Waals surface area (Å²) in [4.78, 5) is 0. The zero-order valence-corrected chi connectivity index (χ0v) is 8.66. The molecule has 0 saturated carbocycles. The Kier molecular flexibility index (Phi) is 6.42. The molecular formula is C7H14ClNO2S. The third-order valence-electron chi connectivity index (χ3n) is 1.21. The van der Waals surface area contributed by atoms with Crippen molar-refractivity contribution in [2.24, 2.45) is 0 Å². The van der Waals surface area contributed by atoms with Gasteiger partial charge in [0.2, 0.25) is 10.0 Å². The Labute approximate surface area is 78.9 Å². The van der Waals surface area contributed by atoms with Crippen molar-refractivity contribution in [3.8, 4) is 0 Å². The maximum Gasteiger partial charge on any atom is 0.212 e. The number of hydrogen-bond donors (Lipinski definition) is 1. The first-order valence-electron chi connectivity index (χ1n) is 3.77. The molecule has 0 saturated heterocycles. The van der Waals surface area contributed by atoms with Gasteiger partial charge in [-0.2, -0.15) is 0 Å². The highest BCUT2D eigenvalue weighted by atomic mass is 35.5. The molecule has 0 aromatic heterocycles. The number of sulfonamides is 1. The lowest BCUT2D eigenvalue weighted by atomic mass is 10.4. The fraction of sp³-hybridized carbons (Fsp3) is 0.714. The zero-order valence-electron chi connectivity index (χ0n) is 7.09. The summed E-state index contributed by atoms with van der Waals surface area (Å²) in [5.41, 5.74) is 0. The second-order valence-electron chi connectivity index (χ2n) is 2.26. The van der Waals surface area contributed by atoms with Crippen LogP contribution < -0.4 is 4.72 Å². The Bertz CT molecular complexity index is 224. The third kappa shape index (κ3) is 6.64. The molecule has 0 bridgehead atoms. The summed E-state index contributed by atoms with van der Waals surface area (Å²) in [5, 5.41) is 0. The predicted molar refractivity (Wildman–Crippen MR) is 51.9 cm³/mol. The lowest BCUT2D eigenvalue weighted by molar-refractivity contribution is 0.583. The molecule has 0 spiro atoms. The van der Waals surface area contributed by atoms with Crippen LogP contribution in [0.2, 0.25) is 0 Å². The number of nitrogens with one attached hydrogen (secondary N) is 1. The molecule has 0 unspecified atom stereocenters. The van der Waals surface area contributed by atoms with Crippen molar-refractivity contribution >= 4 is 21.6 Å². The minimum atomic E-state index is -3.13. The molecule has 72 valence electrons. The van der Waals surface area contributed by atoms with E-state index in [1.165, 1.54) is 0 Å². The van der Waals surface area contributed by atoms with Crippen molar-refractivity contribution in [2.45, 2.75) is 13.3 Å². The van der Waals surface area contributed by atoms with E-state index in [1.807, 2.05) is 19.1 Å². The largest absolute Gasteiger partial charge is 0.215 e. The van der Waals surface area contributed by atoms with E-state index in [9.17, 15) is 8.42 Å². The van der Waals surface area contributed by atoms with Crippen LogP contribution in [0.5, 0.6) is 0 Å². The van der Waals surface area contributed by atoms with E-state index in [2.05, 4.69) is 4.72 Å². The fourth-order valence-electron chi connectivity index (χ4n) is 0.638. The molecule has 0 amide bonds. The molecule has 0 atom stereocenters. The van der Waals surface area contributed by atoms with Crippen molar-refractivity contribution in [1.29, 1.82) is 0 Å². The average Bonchev–Trinajstić information content (AvgIpc) is 1.98. The second kappa shape index (κ2) is 6.46. The molecule has 0 aliphatic heterocycles. The smallest absolute Gasteiger partial charge is 0.212 e. The lowest BCUT2D eigenvalue weighted by Gasteiger charge is -2.01. The maximum absolute atomic E-state index is 11.0. The van der Waals surface area contributed by atoms with Crippen LogP contribution in [0, 0.1) is 0 Å². The number of allylic oxidation sites excluding steroid dienone is 1. The quantitative estimate of drug-likeness (QED) is 0.407. The number of rotatable bonds is 6. The summed E-state index contributed by atoms with van der Waals surface area (Å²) < 4.78 is 24.4. The van der Waals surface area contributed by atoms with Gasteiger partial charge in [0, 0.05) is 12.4 Å². The van der Waals surface area contributed by atoms with Gasteiger partial charge in [-0.3, -0.25) is 0 Å². The minimum Gasteiger partial charge on any atom is -0.215 e. The van der Waals surface area contributed by atoms with Crippen LogP contribution in [-0.2, 0) is 10.0 Å². The van der Waals surface area contributed by atoms with Crippen molar-refractivity contribution in [3.63, 3.8) is 0 Å². The summed E-state index contributed by atoms with van der Waals surface area (Å²) in [5.74, 6) is 0.128. The molecule has 0 aromatic carbocycles. The molecule has 1 N–H and O–H groups in total. The van der Waals surface area contributed by atoms with E-state index < -0.39 is 10.0 Å². The van der Waals surface area contributed by atoms with Gasteiger partial charge < -0.3 is 0 Å². The van der Waals surface area contributed by atoms with Gasteiger partial charge in [0.15, 0.2) is 0 Å².